The van der Waals surface area contributed by atoms with E-state index in [1.807, 2.05) is 10.6 Å². The number of nitrogen functional groups attached to an aromatic ring is 1. The van der Waals surface area contributed by atoms with Crippen LogP contribution in [0.25, 0.3) is 5.65 Å². The lowest BCUT2D eigenvalue weighted by Crippen LogP contribution is -2.28. The van der Waals surface area contributed by atoms with Gasteiger partial charge in [0.05, 0.1) is 6.20 Å². The van der Waals surface area contributed by atoms with Crippen LogP contribution in [0.2, 0.25) is 0 Å². The molecule has 0 saturated heterocycles. The number of nitrogens with one attached hydrogen (secondary N) is 1. The predicted molar refractivity (Wildman–Crippen MR) is 83.3 cm³/mol. The van der Waals surface area contributed by atoms with Gasteiger partial charge < -0.3 is 15.5 Å². The number of nitrogens with two attached hydrogens (primary N) is 1. The van der Waals surface area contributed by atoms with Crippen LogP contribution in [0.5, 0.6) is 0 Å². The number of anilines is 2. The summed E-state index contributed by atoms with van der Waals surface area (Å²) in [7, 11) is 0. The van der Waals surface area contributed by atoms with E-state index >= 15 is 0 Å². The number of hydrogen-bond acceptors (Lipinski definition) is 4. The Labute approximate surface area is 122 Å². The molecule has 1 aliphatic carbocycles. The summed E-state index contributed by atoms with van der Waals surface area (Å²) >= 11 is 0. The van der Waals surface area contributed by atoms with Gasteiger partial charge in [-0.05, 0) is 30.4 Å². The van der Waals surface area contributed by atoms with Crippen LogP contribution < -0.4 is 11.1 Å². The van der Waals surface area contributed by atoms with E-state index in [2.05, 4.69) is 39.6 Å². The van der Waals surface area contributed by atoms with Crippen molar-refractivity contribution in [2.24, 2.45) is 0 Å². The standard InChI is InChI=1S/C16H17N5/c17-14-10-21-8-7-18-16(21)15(20-14)19-13-6-5-11-3-1-2-4-12(11)9-13/h1-4,7-8,10,13H,5-6,9,17H2,(H,19,20). The van der Waals surface area contributed by atoms with Crippen LogP contribution in [0, 0.1) is 0 Å². The summed E-state index contributed by atoms with van der Waals surface area (Å²) in [6.07, 6.45) is 8.64. The summed E-state index contributed by atoms with van der Waals surface area (Å²) in [6, 6.07) is 9.01. The topological polar surface area (TPSA) is 68.2 Å². The maximum atomic E-state index is 5.87. The normalized spacial score (nSPS) is 17.6. The first-order valence-electron chi connectivity index (χ1n) is 7.22. The van der Waals surface area contributed by atoms with Crippen molar-refractivity contribution in [1.82, 2.24) is 14.4 Å². The minimum absolute atomic E-state index is 0.370. The summed E-state index contributed by atoms with van der Waals surface area (Å²) in [5.41, 5.74) is 9.57. The molecule has 3 aromatic rings. The van der Waals surface area contributed by atoms with E-state index in [1.165, 1.54) is 11.1 Å². The van der Waals surface area contributed by atoms with Crippen molar-refractivity contribution in [3.05, 3.63) is 54.0 Å². The molecule has 4 rings (SSSR count). The number of imidazole rings is 1. The number of benzene rings is 1. The quantitative estimate of drug-likeness (QED) is 0.755. The van der Waals surface area contributed by atoms with E-state index in [9.17, 15) is 0 Å². The number of hydrogen-bond donors (Lipinski definition) is 2. The Kier molecular flexibility index (Phi) is 2.77. The van der Waals surface area contributed by atoms with E-state index in [1.54, 1.807) is 12.4 Å². The summed E-state index contributed by atoms with van der Waals surface area (Å²) in [5.74, 6) is 1.27. The van der Waals surface area contributed by atoms with Crippen LogP contribution in [-0.2, 0) is 12.8 Å². The average Bonchev–Trinajstić information content (AvgIpc) is 2.95. The molecule has 0 spiro atoms. The first kappa shape index (κ1) is 12.2. The van der Waals surface area contributed by atoms with E-state index < -0.39 is 0 Å². The molecule has 1 aromatic carbocycles. The van der Waals surface area contributed by atoms with Crippen molar-refractivity contribution in [3.63, 3.8) is 0 Å². The van der Waals surface area contributed by atoms with Crippen LogP contribution >= 0.6 is 0 Å². The van der Waals surface area contributed by atoms with Gasteiger partial charge in [-0.2, -0.15) is 0 Å². The Morgan fingerprint density at radius 3 is 3.00 bits per heavy atom. The van der Waals surface area contributed by atoms with Gasteiger partial charge in [-0.15, -0.1) is 0 Å². The van der Waals surface area contributed by atoms with E-state index in [0.717, 1.165) is 30.7 Å². The van der Waals surface area contributed by atoms with Crippen molar-refractivity contribution in [2.45, 2.75) is 25.3 Å². The molecule has 0 radical (unpaired) electrons. The van der Waals surface area contributed by atoms with Gasteiger partial charge in [0.25, 0.3) is 0 Å². The highest BCUT2D eigenvalue weighted by molar-refractivity contribution is 5.65. The fourth-order valence-electron chi connectivity index (χ4n) is 3.06. The fourth-order valence-corrected chi connectivity index (χ4v) is 3.06. The van der Waals surface area contributed by atoms with Crippen molar-refractivity contribution in [1.29, 1.82) is 0 Å². The van der Waals surface area contributed by atoms with E-state index in [-0.39, 0.29) is 0 Å². The second kappa shape index (κ2) is 4.77. The largest absolute Gasteiger partial charge is 0.382 e. The number of aromatic nitrogens is 3. The van der Waals surface area contributed by atoms with Gasteiger partial charge in [0.1, 0.15) is 5.82 Å². The third-order valence-electron chi connectivity index (χ3n) is 4.08. The molecule has 0 bridgehead atoms. The van der Waals surface area contributed by atoms with Crippen LogP contribution in [-0.4, -0.2) is 20.4 Å². The Morgan fingerprint density at radius 1 is 1.24 bits per heavy atom. The molecule has 0 fully saturated rings. The lowest BCUT2D eigenvalue weighted by molar-refractivity contribution is 0.609. The second-order valence-corrected chi connectivity index (χ2v) is 5.53. The van der Waals surface area contributed by atoms with Crippen molar-refractivity contribution >= 4 is 17.3 Å². The van der Waals surface area contributed by atoms with Gasteiger partial charge in [-0.25, -0.2) is 9.97 Å². The molecule has 2 aromatic heterocycles. The molecule has 1 unspecified atom stereocenters. The minimum atomic E-state index is 0.370. The fraction of sp³-hybridized carbons (Fsp3) is 0.250. The van der Waals surface area contributed by atoms with Gasteiger partial charge in [0.2, 0.25) is 0 Å². The molecular formula is C16H17N5. The molecule has 5 heteroatoms. The molecule has 106 valence electrons. The summed E-state index contributed by atoms with van der Waals surface area (Å²) < 4.78 is 1.90. The predicted octanol–water partition coefficient (Wildman–Crippen LogP) is 2.28. The summed E-state index contributed by atoms with van der Waals surface area (Å²) in [6.45, 7) is 0. The van der Waals surface area contributed by atoms with Gasteiger partial charge in [0, 0.05) is 18.4 Å². The molecule has 5 nitrogen and oxygen atoms in total. The van der Waals surface area contributed by atoms with Gasteiger partial charge in [0.15, 0.2) is 11.5 Å². The lowest BCUT2D eigenvalue weighted by atomic mass is 9.88. The van der Waals surface area contributed by atoms with Crippen LogP contribution in [0.3, 0.4) is 0 Å². The van der Waals surface area contributed by atoms with Gasteiger partial charge >= 0.3 is 0 Å². The molecule has 2 heterocycles. The monoisotopic (exact) mass is 279 g/mol. The second-order valence-electron chi connectivity index (χ2n) is 5.53. The van der Waals surface area contributed by atoms with Gasteiger partial charge in [-0.1, -0.05) is 24.3 Å². The zero-order valence-electron chi connectivity index (χ0n) is 11.7. The van der Waals surface area contributed by atoms with Crippen molar-refractivity contribution in [3.8, 4) is 0 Å². The first-order valence-corrected chi connectivity index (χ1v) is 7.22. The van der Waals surface area contributed by atoms with Crippen LogP contribution in [0.4, 0.5) is 11.6 Å². The zero-order valence-corrected chi connectivity index (χ0v) is 11.7. The van der Waals surface area contributed by atoms with Crippen molar-refractivity contribution in [2.75, 3.05) is 11.1 Å². The minimum Gasteiger partial charge on any atom is -0.382 e. The molecule has 1 atom stereocenters. The third-order valence-corrected chi connectivity index (χ3v) is 4.08. The van der Waals surface area contributed by atoms with E-state index in [4.69, 9.17) is 5.73 Å². The molecule has 0 amide bonds. The Bertz CT molecular complexity index is 792. The van der Waals surface area contributed by atoms with Gasteiger partial charge in [-0.3, -0.25) is 0 Å². The average molecular weight is 279 g/mol. The number of nitrogens with zero attached hydrogens (tertiary/aromatic N) is 3. The zero-order chi connectivity index (χ0) is 14.2. The number of fused-ring (bicyclic) bond motifs is 2. The smallest absolute Gasteiger partial charge is 0.180 e. The number of rotatable bonds is 2. The Hall–Kier alpha value is -2.56. The maximum absolute atomic E-state index is 5.87. The maximum Gasteiger partial charge on any atom is 0.180 e. The summed E-state index contributed by atoms with van der Waals surface area (Å²) in [5, 5.41) is 3.52. The SMILES string of the molecule is Nc1cn2ccnc2c(NC2CCc3ccccc3C2)n1. The van der Waals surface area contributed by atoms with Crippen LogP contribution in [0.1, 0.15) is 17.5 Å². The molecular weight excluding hydrogens is 262 g/mol. The highest BCUT2D eigenvalue weighted by Gasteiger charge is 2.19. The lowest BCUT2D eigenvalue weighted by Gasteiger charge is -2.26. The molecule has 0 aliphatic heterocycles. The summed E-state index contributed by atoms with van der Waals surface area (Å²) in [4.78, 5) is 8.76. The molecule has 0 saturated carbocycles. The molecule has 21 heavy (non-hydrogen) atoms. The van der Waals surface area contributed by atoms with E-state index in [0.29, 0.717) is 11.9 Å². The molecule has 3 N–H and O–H groups in total. The Balaban J connectivity index is 1.63. The first-order chi connectivity index (χ1) is 10.3. The Morgan fingerprint density at radius 2 is 2.10 bits per heavy atom. The third kappa shape index (κ3) is 2.20. The highest BCUT2D eigenvalue weighted by atomic mass is 15.1. The molecule has 1 aliphatic rings. The van der Waals surface area contributed by atoms with Crippen molar-refractivity contribution < 1.29 is 0 Å². The van der Waals surface area contributed by atoms with Crippen LogP contribution in [0.15, 0.2) is 42.9 Å². The number of aryl methyl sites for hydroxylation is 1. The highest BCUT2D eigenvalue weighted by Crippen LogP contribution is 2.24.